The van der Waals surface area contributed by atoms with E-state index in [2.05, 4.69) is 20.9 Å². The maximum atomic E-state index is 14.7. The monoisotopic (exact) mass is 551 g/mol. The first-order valence-corrected chi connectivity index (χ1v) is 14.3. The molecule has 0 aliphatic carbocycles. The minimum Gasteiger partial charge on any atom is -0.438 e. The highest BCUT2D eigenvalue weighted by atomic mass is 33.1. The van der Waals surface area contributed by atoms with E-state index < -0.39 is 11.9 Å². The average molecular weight is 552 g/mol. The van der Waals surface area contributed by atoms with E-state index in [1.54, 1.807) is 6.20 Å². The van der Waals surface area contributed by atoms with Crippen LogP contribution in [0.15, 0.2) is 65.8 Å². The van der Waals surface area contributed by atoms with Crippen LogP contribution < -0.4 is 16.0 Å². The Morgan fingerprint density at radius 2 is 2.05 bits per heavy atom. The van der Waals surface area contributed by atoms with E-state index in [9.17, 15) is 14.0 Å². The van der Waals surface area contributed by atoms with Crippen LogP contribution in [0.3, 0.4) is 0 Å². The second-order valence-corrected chi connectivity index (χ2v) is 10.9. The molecular weight excluding hydrogens is 525 g/mol. The summed E-state index contributed by atoms with van der Waals surface area (Å²) >= 11 is 0. The number of hydrogen-bond donors (Lipinski definition) is 3. The highest BCUT2D eigenvalue weighted by molar-refractivity contribution is 8.76. The molecule has 0 radical (unpaired) electrons. The van der Waals surface area contributed by atoms with Crippen LogP contribution in [0.1, 0.15) is 21.5 Å². The molecule has 0 fully saturated rings. The lowest BCUT2D eigenvalue weighted by molar-refractivity contribution is 0.0956. The Kier molecular flexibility index (Phi) is 8.16. The lowest BCUT2D eigenvalue weighted by Crippen LogP contribution is -2.27. The number of carbonyl (C=O) groups is 2. The van der Waals surface area contributed by atoms with Crippen LogP contribution in [-0.2, 0) is 24.4 Å². The Labute approximate surface area is 227 Å². The standard InChI is InChI=1S/C27H26FN5O3S2/c1-29-14-17-5-7-18(8-6-17)25-20-9-11-31-26(34)21-12-19(28)13-22(24(20)21)33(25)15-32-27(35)36-16-37-38-23-4-2-3-10-30-23/h2-8,10,12-13,29H,9,11,14-16H2,1H3,(H,31,34)(H,32,35). The summed E-state index contributed by atoms with van der Waals surface area (Å²) in [4.78, 5) is 29.5. The quantitative estimate of drug-likeness (QED) is 0.154. The zero-order valence-electron chi connectivity index (χ0n) is 20.6. The van der Waals surface area contributed by atoms with Gasteiger partial charge >= 0.3 is 6.09 Å². The van der Waals surface area contributed by atoms with Crippen molar-refractivity contribution in [1.82, 2.24) is 25.5 Å². The Morgan fingerprint density at radius 1 is 1.21 bits per heavy atom. The van der Waals surface area contributed by atoms with Gasteiger partial charge in [-0.15, -0.1) is 0 Å². The number of hydrogen-bond acceptors (Lipinski definition) is 7. The van der Waals surface area contributed by atoms with E-state index in [1.165, 1.54) is 33.7 Å². The van der Waals surface area contributed by atoms with Crippen LogP contribution in [-0.4, -0.2) is 41.1 Å². The maximum Gasteiger partial charge on any atom is 0.409 e. The van der Waals surface area contributed by atoms with Crippen molar-refractivity contribution < 1.29 is 18.7 Å². The number of nitrogens with zero attached hydrogens (tertiary/aromatic N) is 2. The van der Waals surface area contributed by atoms with Crippen LogP contribution in [0.25, 0.3) is 22.2 Å². The predicted octanol–water partition coefficient (Wildman–Crippen LogP) is 4.93. The number of benzene rings is 2. The lowest BCUT2D eigenvalue weighted by atomic mass is 9.99. The molecule has 196 valence electrons. The maximum absolute atomic E-state index is 14.7. The first-order valence-electron chi connectivity index (χ1n) is 12.0. The number of carbonyl (C=O) groups excluding carboxylic acids is 2. The molecule has 1 aliphatic heterocycles. The SMILES string of the molecule is CNCc1ccc(-c2c3c4c(cc(F)cc4n2CNC(=O)OCSSc2ccccn2)C(=O)NCC3)cc1. The first kappa shape index (κ1) is 26.1. The molecule has 38 heavy (non-hydrogen) atoms. The molecule has 1 aliphatic rings. The predicted molar refractivity (Wildman–Crippen MR) is 148 cm³/mol. The number of aromatic nitrogens is 2. The van der Waals surface area contributed by atoms with Crippen molar-refractivity contribution in [1.29, 1.82) is 0 Å². The topological polar surface area (TPSA) is 97.3 Å². The van der Waals surface area contributed by atoms with Crippen LogP contribution in [0.4, 0.5) is 9.18 Å². The van der Waals surface area contributed by atoms with Gasteiger partial charge in [0.15, 0.2) is 0 Å². The van der Waals surface area contributed by atoms with E-state index in [4.69, 9.17) is 4.74 Å². The van der Waals surface area contributed by atoms with E-state index in [0.717, 1.165) is 34.0 Å². The Morgan fingerprint density at radius 3 is 2.82 bits per heavy atom. The summed E-state index contributed by atoms with van der Waals surface area (Å²) < 4.78 is 21.9. The van der Waals surface area contributed by atoms with Gasteiger partial charge in [-0.25, -0.2) is 14.2 Å². The van der Waals surface area contributed by atoms with E-state index in [1.807, 2.05) is 54.1 Å². The molecule has 0 atom stereocenters. The Hall–Kier alpha value is -3.54. The number of alkyl carbamates (subject to hydrolysis) is 1. The van der Waals surface area contributed by atoms with Gasteiger partial charge in [-0.05, 0) is 76.0 Å². The van der Waals surface area contributed by atoms with Gasteiger partial charge in [-0.2, -0.15) is 0 Å². The number of halogens is 1. The molecule has 11 heteroatoms. The van der Waals surface area contributed by atoms with Crippen molar-refractivity contribution in [3.05, 3.63) is 83.3 Å². The molecule has 0 saturated heterocycles. The second kappa shape index (κ2) is 11.9. The summed E-state index contributed by atoms with van der Waals surface area (Å²) in [5.41, 5.74) is 4.64. The summed E-state index contributed by atoms with van der Waals surface area (Å²) in [5.74, 6) is -0.698. The van der Waals surface area contributed by atoms with Gasteiger partial charge in [0.2, 0.25) is 0 Å². The fourth-order valence-corrected chi connectivity index (χ4v) is 6.08. The largest absolute Gasteiger partial charge is 0.438 e. The first-order chi connectivity index (χ1) is 18.5. The van der Waals surface area contributed by atoms with E-state index >= 15 is 0 Å². The van der Waals surface area contributed by atoms with Crippen molar-refractivity contribution in [3.63, 3.8) is 0 Å². The smallest absolute Gasteiger partial charge is 0.409 e. The fraction of sp³-hybridized carbons (Fsp3) is 0.222. The summed E-state index contributed by atoms with van der Waals surface area (Å²) in [6.45, 7) is 1.21. The number of amides is 2. The molecule has 0 spiro atoms. The molecule has 0 unspecified atom stereocenters. The summed E-state index contributed by atoms with van der Waals surface area (Å²) in [5, 5.41) is 10.3. The third-order valence-corrected chi connectivity index (χ3v) is 8.04. The molecular formula is C27H26FN5O3S2. The van der Waals surface area contributed by atoms with Crippen LogP contribution in [0.5, 0.6) is 0 Å². The number of ether oxygens (including phenoxy) is 1. The van der Waals surface area contributed by atoms with Crippen molar-refractivity contribution >= 4 is 44.5 Å². The van der Waals surface area contributed by atoms with Gasteiger partial charge in [0, 0.05) is 24.7 Å². The molecule has 2 amide bonds. The van der Waals surface area contributed by atoms with Crippen LogP contribution >= 0.6 is 21.6 Å². The summed E-state index contributed by atoms with van der Waals surface area (Å²) in [6.07, 6.45) is 1.68. The zero-order chi connectivity index (χ0) is 26.5. The second-order valence-electron chi connectivity index (χ2n) is 8.59. The van der Waals surface area contributed by atoms with Gasteiger partial charge in [-0.3, -0.25) is 4.79 Å². The molecule has 4 aromatic rings. The number of rotatable bonds is 9. The minimum absolute atomic E-state index is 0.0471. The van der Waals surface area contributed by atoms with Gasteiger partial charge in [-0.1, -0.05) is 30.3 Å². The van der Waals surface area contributed by atoms with Gasteiger partial charge < -0.3 is 25.3 Å². The molecule has 0 bridgehead atoms. The lowest BCUT2D eigenvalue weighted by Gasteiger charge is -2.15. The van der Waals surface area contributed by atoms with Crippen molar-refractivity contribution in [2.75, 3.05) is 19.5 Å². The summed E-state index contributed by atoms with van der Waals surface area (Å²) in [6, 6.07) is 16.4. The van der Waals surface area contributed by atoms with Gasteiger partial charge in [0.1, 0.15) is 16.8 Å². The Balaban J connectivity index is 1.42. The molecule has 3 heterocycles. The molecule has 0 saturated carbocycles. The highest BCUT2D eigenvalue weighted by Gasteiger charge is 2.26. The van der Waals surface area contributed by atoms with E-state index in [-0.39, 0.29) is 18.5 Å². The third-order valence-electron chi connectivity index (χ3n) is 6.15. The Bertz CT molecular complexity index is 1460. The molecule has 3 N–H and O–H groups in total. The molecule has 5 rings (SSSR count). The average Bonchev–Trinajstić information content (AvgIpc) is 3.13. The number of nitrogens with one attached hydrogen (secondary N) is 3. The fourth-order valence-electron chi connectivity index (χ4n) is 4.57. The molecule has 2 aromatic heterocycles. The molecule has 8 nitrogen and oxygen atoms in total. The van der Waals surface area contributed by atoms with Crippen LogP contribution in [0, 0.1) is 5.82 Å². The zero-order valence-corrected chi connectivity index (χ0v) is 22.3. The van der Waals surface area contributed by atoms with Gasteiger partial charge in [0.25, 0.3) is 5.91 Å². The number of pyridine rings is 1. The normalized spacial score (nSPS) is 12.7. The van der Waals surface area contributed by atoms with Gasteiger partial charge in [0.05, 0.1) is 23.4 Å². The third kappa shape index (κ3) is 5.64. The molecule has 2 aromatic carbocycles. The highest BCUT2D eigenvalue weighted by Crippen LogP contribution is 2.38. The van der Waals surface area contributed by atoms with Crippen molar-refractivity contribution in [3.8, 4) is 11.3 Å². The minimum atomic E-state index is -0.598. The summed E-state index contributed by atoms with van der Waals surface area (Å²) in [7, 11) is 4.65. The van der Waals surface area contributed by atoms with Crippen molar-refractivity contribution in [2.45, 2.75) is 24.7 Å². The van der Waals surface area contributed by atoms with Crippen molar-refractivity contribution in [2.24, 2.45) is 0 Å². The van der Waals surface area contributed by atoms with E-state index in [0.29, 0.717) is 29.4 Å². The van der Waals surface area contributed by atoms with Crippen LogP contribution in [0.2, 0.25) is 0 Å².